The summed E-state index contributed by atoms with van der Waals surface area (Å²) in [6, 6.07) is 7.13. The first kappa shape index (κ1) is 26.2. The number of benzene rings is 1. The van der Waals surface area contributed by atoms with Gasteiger partial charge in [-0.2, -0.15) is 0 Å². The molecule has 0 bridgehead atoms. The molecule has 2 aliphatic rings. The molecule has 5 rings (SSSR count). The van der Waals surface area contributed by atoms with E-state index in [1.807, 2.05) is 10.3 Å². The van der Waals surface area contributed by atoms with E-state index in [-0.39, 0.29) is 24.5 Å². The first-order valence-corrected chi connectivity index (χ1v) is 14.1. The van der Waals surface area contributed by atoms with E-state index in [1.165, 1.54) is 7.11 Å². The molecule has 8 nitrogen and oxygen atoms in total. The fraction of sp³-hybridized carbons (Fsp3) is 0.360. The molecule has 1 unspecified atom stereocenters. The molecule has 194 valence electrons. The third kappa shape index (κ3) is 5.87. The third-order valence-electron chi connectivity index (χ3n) is 6.33. The fourth-order valence-corrected chi connectivity index (χ4v) is 6.33. The van der Waals surface area contributed by atoms with Gasteiger partial charge < -0.3 is 19.2 Å². The minimum atomic E-state index is -0.328. The van der Waals surface area contributed by atoms with E-state index in [2.05, 4.69) is 26.1 Å². The largest absolute Gasteiger partial charge is 0.478 e. The Morgan fingerprint density at radius 3 is 2.76 bits per heavy atom. The van der Waals surface area contributed by atoms with Crippen LogP contribution in [0.2, 0.25) is 10.0 Å². The first-order chi connectivity index (χ1) is 17.9. The Morgan fingerprint density at radius 2 is 2.03 bits per heavy atom. The van der Waals surface area contributed by atoms with Gasteiger partial charge in [-0.1, -0.05) is 34.4 Å². The number of carbonyl (C=O) groups is 1. The normalized spacial score (nSPS) is 17.9. The van der Waals surface area contributed by atoms with Crippen molar-refractivity contribution in [1.29, 1.82) is 0 Å². The summed E-state index contributed by atoms with van der Waals surface area (Å²) in [4.78, 5) is 29.2. The number of likely N-dealkylation sites (tertiary alicyclic amines) is 1. The van der Waals surface area contributed by atoms with Gasteiger partial charge >= 0.3 is 0 Å². The van der Waals surface area contributed by atoms with Gasteiger partial charge in [-0.3, -0.25) is 4.79 Å². The maximum Gasteiger partial charge on any atom is 0.260 e. The number of thiazole rings is 1. The molecule has 12 heteroatoms. The van der Waals surface area contributed by atoms with Crippen molar-refractivity contribution in [3.8, 4) is 11.6 Å². The Bertz CT molecular complexity index is 1310. The summed E-state index contributed by atoms with van der Waals surface area (Å²) in [5, 5.41) is 8.45. The predicted octanol–water partition coefficient (Wildman–Crippen LogP) is 6.27. The number of piperidine rings is 1. The Kier molecular flexibility index (Phi) is 8.18. The zero-order chi connectivity index (χ0) is 25.9. The Morgan fingerprint density at radius 1 is 1.27 bits per heavy atom. The number of nitrogens with zero attached hydrogens (tertiary/aromatic N) is 4. The van der Waals surface area contributed by atoms with Crippen LogP contribution in [0.4, 0.5) is 0 Å². The number of ether oxygens (including phenoxy) is 2. The minimum Gasteiger partial charge on any atom is -0.478 e. The Balaban J connectivity index is 1.14. The SMILES string of the molecule is COc1ncc(Br)cc1OCC(=O)N1CCC(c2nc(C3=NOC(c4c(Cl)cccc4Cl)C3)cs2)CC1. The summed E-state index contributed by atoms with van der Waals surface area (Å²) in [7, 11) is 1.51. The quantitative estimate of drug-likeness (QED) is 0.308. The highest BCUT2D eigenvalue weighted by molar-refractivity contribution is 9.10. The number of oxime groups is 1. The van der Waals surface area contributed by atoms with Crippen LogP contribution in [0.1, 0.15) is 47.5 Å². The highest BCUT2D eigenvalue weighted by atomic mass is 79.9. The predicted molar refractivity (Wildman–Crippen MR) is 146 cm³/mol. The van der Waals surface area contributed by atoms with Crippen LogP contribution in [0, 0.1) is 0 Å². The number of halogens is 3. The number of hydrogen-bond acceptors (Lipinski definition) is 8. The van der Waals surface area contributed by atoms with Gasteiger partial charge in [-0.05, 0) is 40.9 Å². The zero-order valence-corrected chi connectivity index (χ0v) is 23.7. The molecule has 0 saturated carbocycles. The van der Waals surface area contributed by atoms with Crippen molar-refractivity contribution < 1.29 is 19.1 Å². The number of aromatic nitrogens is 2. The van der Waals surface area contributed by atoms with Crippen molar-refractivity contribution in [3.05, 3.63) is 66.6 Å². The zero-order valence-electron chi connectivity index (χ0n) is 19.8. The molecule has 1 atom stereocenters. The van der Waals surface area contributed by atoms with E-state index in [0.29, 0.717) is 41.2 Å². The first-order valence-electron chi connectivity index (χ1n) is 11.7. The van der Waals surface area contributed by atoms with Gasteiger partial charge in [-0.15, -0.1) is 11.3 Å². The number of hydrogen-bond donors (Lipinski definition) is 0. The highest BCUT2D eigenvalue weighted by Gasteiger charge is 2.30. The molecule has 1 fully saturated rings. The van der Waals surface area contributed by atoms with E-state index >= 15 is 0 Å². The second kappa shape index (κ2) is 11.6. The molecule has 2 aliphatic heterocycles. The van der Waals surface area contributed by atoms with Gasteiger partial charge in [0.1, 0.15) is 5.71 Å². The van der Waals surface area contributed by atoms with Crippen molar-refractivity contribution >= 4 is 62.1 Å². The number of methoxy groups -OCH3 is 1. The lowest BCUT2D eigenvalue weighted by molar-refractivity contribution is -0.134. The number of amides is 1. The van der Waals surface area contributed by atoms with Gasteiger partial charge in [0.05, 0.1) is 17.8 Å². The van der Waals surface area contributed by atoms with Crippen LogP contribution in [-0.2, 0) is 9.63 Å². The van der Waals surface area contributed by atoms with Crippen LogP contribution in [0.5, 0.6) is 11.6 Å². The summed E-state index contributed by atoms with van der Waals surface area (Å²) in [5.74, 6) is 0.984. The molecule has 37 heavy (non-hydrogen) atoms. The lowest BCUT2D eigenvalue weighted by atomic mass is 9.97. The molecule has 4 heterocycles. The van der Waals surface area contributed by atoms with Crippen LogP contribution in [0.3, 0.4) is 0 Å². The molecule has 0 spiro atoms. The fourth-order valence-electron chi connectivity index (χ4n) is 4.38. The molecule has 0 N–H and O–H groups in total. The second-order valence-electron chi connectivity index (χ2n) is 8.65. The van der Waals surface area contributed by atoms with Gasteiger partial charge in [0, 0.05) is 63.2 Å². The van der Waals surface area contributed by atoms with E-state index in [0.717, 1.165) is 39.3 Å². The lowest BCUT2D eigenvalue weighted by Crippen LogP contribution is -2.40. The molecular formula is C25H23BrCl2N4O4S. The topological polar surface area (TPSA) is 86.1 Å². The maximum absolute atomic E-state index is 12.7. The highest BCUT2D eigenvalue weighted by Crippen LogP contribution is 2.39. The maximum atomic E-state index is 12.7. The van der Waals surface area contributed by atoms with Gasteiger partial charge in [0.15, 0.2) is 18.5 Å². The summed E-state index contributed by atoms with van der Waals surface area (Å²) < 4.78 is 11.6. The Labute approximate surface area is 236 Å². The van der Waals surface area contributed by atoms with E-state index < -0.39 is 0 Å². The number of pyridine rings is 1. The molecule has 0 aliphatic carbocycles. The average molecular weight is 626 g/mol. The standard InChI is InChI=1S/C25H23BrCl2N4O4S/c1-34-24-21(9-15(26)11-29-24)35-12-22(33)32-7-5-14(6-8-32)25-30-19(13-37-25)18-10-20(36-31-18)23-16(27)3-2-4-17(23)28/h2-4,9,11,13-14,20H,5-8,10,12H2,1H3. The Hall–Kier alpha value is -2.40. The number of carbonyl (C=O) groups excluding carboxylic acids is 1. The van der Waals surface area contributed by atoms with Crippen molar-refractivity contribution in [1.82, 2.24) is 14.9 Å². The van der Waals surface area contributed by atoms with Gasteiger partial charge in [0.2, 0.25) is 0 Å². The van der Waals surface area contributed by atoms with Crippen LogP contribution in [0.25, 0.3) is 0 Å². The minimum absolute atomic E-state index is 0.0676. The third-order valence-corrected chi connectivity index (χ3v) is 8.43. The summed E-state index contributed by atoms with van der Waals surface area (Å²) >= 11 is 17.7. The van der Waals surface area contributed by atoms with Crippen molar-refractivity contribution in [3.63, 3.8) is 0 Å². The summed E-state index contributed by atoms with van der Waals surface area (Å²) in [6.45, 7) is 1.22. The van der Waals surface area contributed by atoms with Crippen LogP contribution >= 0.6 is 50.5 Å². The van der Waals surface area contributed by atoms with Crippen LogP contribution in [0.15, 0.2) is 45.5 Å². The molecule has 2 aromatic heterocycles. The molecule has 1 aromatic carbocycles. The van der Waals surface area contributed by atoms with Crippen molar-refractivity contribution in [2.24, 2.45) is 5.16 Å². The molecule has 1 saturated heterocycles. The van der Waals surface area contributed by atoms with Crippen LogP contribution in [-0.4, -0.2) is 53.3 Å². The summed E-state index contributed by atoms with van der Waals surface area (Å²) in [6.07, 6.45) is 3.51. The van der Waals surface area contributed by atoms with E-state index in [1.54, 1.807) is 41.8 Å². The smallest absolute Gasteiger partial charge is 0.260 e. The van der Waals surface area contributed by atoms with Crippen molar-refractivity contribution in [2.75, 3.05) is 26.8 Å². The average Bonchev–Trinajstić information content (AvgIpc) is 3.58. The number of rotatable bonds is 7. The molecule has 1 amide bonds. The van der Waals surface area contributed by atoms with Crippen LogP contribution < -0.4 is 9.47 Å². The molecule has 3 aromatic rings. The lowest BCUT2D eigenvalue weighted by Gasteiger charge is -2.31. The van der Waals surface area contributed by atoms with E-state index in [4.69, 9.17) is 42.5 Å². The van der Waals surface area contributed by atoms with Crippen molar-refractivity contribution in [2.45, 2.75) is 31.3 Å². The summed E-state index contributed by atoms with van der Waals surface area (Å²) in [5.41, 5.74) is 2.34. The molecule has 0 radical (unpaired) electrons. The van der Waals surface area contributed by atoms with E-state index in [9.17, 15) is 4.79 Å². The monoisotopic (exact) mass is 624 g/mol. The second-order valence-corrected chi connectivity index (χ2v) is 11.3. The molecular weight excluding hydrogens is 603 g/mol. The van der Waals surface area contributed by atoms with Gasteiger partial charge in [-0.25, -0.2) is 9.97 Å². The van der Waals surface area contributed by atoms with Gasteiger partial charge in [0.25, 0.3) is 11.8 Å².